The normalized spacial score (nSPS) is 14.8. The average molecular weight is 369 g/mol. The van der Waals surface area contributed by atoms with Crippen LogP contribution in [0.3, 0.4) is 0 Å². The van der Waals surface area contributed by atoms with Crippen molar-refractivity contribution in [3.8, 4) is 5.75 Å². The molecule has 2 amide bonds. The Balaban J connectivity index is 1.89. The molecule has 0 bridgehead atoms. The Morgan fingerprint density at radius 2 is 1.96 bits per heavy atom. The van der Waals surface area contributed by atoms with Crippen LogP contribution < -0.4 is 10.1 Å². The van der Waals surface area contributed by atoms with Gasteiger partial charge in [0.1, 0.15) is 5.75 Å². The molecule has 0 unspecified atom stereocenters. The second-order valence-electron chi connectivity index (χ2n) is 5.62. The van der Waals surface area contributed by atoms with Crippen LogP contribution in [0.15, 0.2) is 18.2 Å². The summed E-state index contributed by atoms with van der Waals surface area (Å²) < 4.78 is 10.0. The standard InChI is InChI=1S/C17H21ClN2O5/c1-3-25-17(23)11-6-8-20(9-7-11)16(22)15(21)19-12-4-5-14(24-2)13(18)10-12/h4-5,10-11H,3,6-9H2,1-2H3,(H,19,21). The third kappa shape index (κ3) is 4.85. The minimum atomic E-state index is -0.740. The summed E-state index contributed by atoms with van der Waals surface area (Å²) in [5.74, 6) is -1.35. The van der Waals surface area contributed by atoms with E-state index in [1.54, 1.807) is 19.1 Å². The number of ether oxygens (including phenoxy) is 2. The number of nitrogens with zero attached hydrogens (tertiary/aromatic N) is 1. The molecule has 2 rings (SSSR count). The summed E-state index contributed by atoms with van der Waals surface area (Å²) in [7, 11) is 1.49. The molecule has 1 aromatic rings. The smallest absolute Gasteiger partial charge is 0.313 e. The van der Waals surface area contributed by atoms with Gasteiger partial charge in [-0.1, -0.05) is 11.6 Å². The van der Waals surface area contributed by atoms with Crippen molar-refractivity contribution in [2.45, 2.75) is 19.8 Å². The number of esters is 1. The number of benzene rings is 1. The zero-order valence-corrected chi connectivity index (χ0v) is 15.0. The number of carbonyl (C=O) groups excluding carboxylic acids is 3. The van der Waals surface area contributed by atoms with Crippen molar-refractivity contribution in [3.63, 3.8) is 0 Å². The Kier molecular flexibility index (Phi) is 6.64. The molecule has 136 valence electrons. The maximum absolute atomic E-state index is 12.3. The first-order chi connectivity index (χ1) is 12.0. The molecule has 0 aliphatic carbocycles. The van der Waals surface area contributed by atoms with E-state index >= 15 is 0 Å². The molecule has 1 fully saturated rings. The van der Waals surface area contributed by atoms with Gasteiger partial charge >= 0.3 is 17.8 Å². The molecule has 25 heavy (non-hydrogen) atoms. The average Bonchev–Trinajstić information content (AvgIpc) is 2.61. The number of amides is 2. The number of nitrogens with one attached hydrogen (secondary N) is 1. The van der Waals surface area contributed by atoms with E-state index in [1.165, 1.54) is 18.1 Å². The first kappa shape index (κ1) is 19.1. The summed E-state index contributed by atoms with van der Waals surface area (Å²) in [6.45, 7) is 2.79. The Hall–Kier alpha value is -2.28. The van der Waals surface area contributed by atoms with Crippen LogP contribution in [0.2, 0.25) is 5.02 Å². The monoisotopic (exact) mass is 368 g/mol. The van der Waals surface area contributed by atoms with Crippen LogP contribution in [0.4, 0.5) is 5.69 Å². The third-order valence-corrected chi connectivity index (χ3v) is 4.30. The summed E-state index contributed by atoms with van der Waals surface area (Å²) in [4.78, 5) is 37.5. The van der Waals surface area contributed by atoms with Crippen molar-refractivity contribution in [3.05, 3.63) is 23.2 Å². The van der Waals surface area contributed by atoms with Gasteiger partial charge in [0.15, 0.2) is 0 Å². The molecule has 1 aliphatic rings. The third-order valence-electron chi connectivity index (χ3n) is 4.01. The minimum absolute atomic E-state index is 0.215. The lowest BCUT2D eigenvalue weighted by molar-refractivity contribution is -0.152. The number of hydrogen-bond donors (Lipinski definition) is 1. The molecule has 1 aliphatic heterocycles. The van der Waals surface area contributed by atoms with Gasteiger partial charge in [0.25, 0.3) is 0 Å². The summed E-state index contributed by atoms with van der Waals surface area (Å²) >= 11 is 6.00. The fourth-order valence-electron chi connectivity index (χ4n) is 2.65. The Morgan fingerprint density at radius 1 is 1.28 bits per heavy atom. The van der Waals surface area contributed by atoms with E-state index in [0.29, 0.717) is 49.0 Å². The molecular weight excluding hydrogens is 348 g/mol. The van der Waals surface area contributed by atoms with Crippen molar-refractivity contribution in [2.24, 2.45) is 5.92 Å². The first-order valence-electron chi connectivity index (χ1n) is 8.06. The van der Waals surface area contributed by atoms with Crippen LogP contribution in [0.1, 0.15) is 19.8 Å². The first-order valence-corrected chi connectivity index (χ1v) is 8.44. The van der Waals surface area contributed by atoms with Crippen molar-refractivity contribution in [1.82, 2.24) is 4.90 Å². The van der Waals surface area contributed by atoms with Crippen LogP contribution in [-0.4, -0.2) is 49.5 Å². The van der Waals surface area contributed by atoms with Crippen molar-refractivity contribution < 1.29 is 23.9 Å². The van der Waals surface area contributed by atoms with Gasteiger partial charge in [0, 0.05) is 18.8 Å². The number of hydrogen-bond acceptors (Lipinski definition) is 5. The zero-order valence-electron chi connectivity index (χ0n) is 14.2. The van der Waals surface area contributed by atoms with Gasteiger partial charge < -0.3 is 19.7 Å². The molecule has 1 N–H and O–H groups in total. The van der Waals surface area contributed by atoms with Crippen molar-refractivity contribution in [1.29, 1.82) is 0 Å². The van der Waals surface area contributed by atoms with E-state index in [1.807, 2.05) is 0 Å². The number of carbonyl (C=O) groups is 3. The second-order valence-corrected chi connectivity index (χ2v) is 6.03. The van der Waals surface area contributed by atoms with Gasteiger partial charge in [0.2, 0.25) is 0 Å². The quantitative estimate of drug-likeness (QED) is 0.649. The van der Waals surface area contributed by atoms with Crippen molar-refractivity contribution >= 4 is 35.1 Å². The Bertz CT molecular complexity index is 656. The molecule has 7 nitrogen and oxygen atoms in total. The highest BCUT2D eigenvalue weighted by Gasteiger charge is 2.30. The highest BCUT2D eigenvalue weighted by molar-refractivity contribution is 6.39. The van der Waals surface area contributed by atoms with Gasteiger partial charge in [-0.05, 0) is 38.0 Å². The number of methoxy groups -OCH3 is 1. The summed E-state index contributed by atoms with van der Waals surface area (Å²) in [6.07, 6.45) is 0.985. The van der Waals surface area contributed by atoms with Gasteiger partial charge in [-0.25, -0.2) is 0 Å². The Morgan fingerprint density at radius 3 is 2.52 bits per heavy atom. The van der Waals surface area contributed by atoms with E-state index in [2.05, 4.69) is 5.32 Å². The maximum atomic E-state index is 12.3. The summed E-state index contributed by atoms with van der Waals surface area (Å²) in [5.41, 5.74) is 0.408. The van der Waals surface area contributed by atoms with Gasteiger partial charge in [0.05, 0.1) is 24.7 Å². The highest BCUT2D eigenvalue weighted by Crippen LogP contribution is 2.27. The predicted octanol–water partition coefficient (Wildman–Crippen LogP) is 2.09. The second kappa shape index (κ2) is 8.71. The summed E-state index contributed by atoms with van der Waals surface area (Å²) in [6, 6.07) is 4.72. The maximum Gasteiger partial charge on any atom is 0.313 e. The fraction of sp³-hybridized carbons (Fsp3) is 0.471. The van der Waals surface area contributed by atoms with Crippen LogP contribution in [-0.2, 0) is 19.1 Å². The highest BCUT2D eigenvalue weighted by atomic mass is 35.5. The lowest BCUT2D eigenvalue weighted by Crippen LogP contribution is -2.45. The molecule has 8 heteroatoms. The lowest BCUT2D eigenvalue weighted by atomic mass is 9.97. The largest absolute Gasteiger partial charge is 0.495 e. The van der Waals surface area contributed by atoms with Gasteiger partial charge in [-0.2, -0.15) is 0 Å². The molecule has 1 aromatic carbocycles. The SMILES string of the molecule is CCOC(=O)C1CCN(C(=O)C(=O)Nc2ccc(OC)c(Cl)c2)CC1. The number of rotatable bonds is 4. The number of likely N-dealkylation sites (tertiary alicyclic amines) is 1. The van der Waals surface area contributed by atoms with E-state index in [0.717, 1.165) is 0 Å². The molecule has 0 spiro atoms. The van der Waals surface area contributed by atoms with E-state index in [4.69, 9.17) is 21.1 Å². The molecule has 1 saturated heterocycles. The van der Waals surface area contributed by atoms with E-state index in [-0.39, 0.29) is 11.9 Å². The molecule has 1 heterocycles. The van der Waals surface area contributed by atoms with Crippen molar-refractivity contribution in [2.75, 3.05) is 32.1 Å². The van der Waals surface area contributed by atoms with Crippen LogP contribution in [0, 0.1) is 5.92 Å². The van der Waals surface area contributed by atoms with Gasteiger partial charge in [-0.3, -0.25) is 14.4 Å². The van der Waals surface area contributed by atoms with Gasteiger partial charge in [-0.15, -0.1) is 0 Å². The van der Waals surface area contributed by atoms with Crippen LogP contribution in [0.25, 0.3) is 0 Å². The zero-order chi connectivity index (χ0) is 18.4. The number of anilines is 1. The minimum Gasteiger partial charge on any atom is -0.495 e. The van der Waals surface area contributed by atoms with Crippen LogP contribution >= 0.6 is 11.6 Å². The summed E-state index contributed by atoms with van der Waals surface area (Å²) in [5, 5.41) is 2.86. The predicted molar refractivity (Wildman–Crippen MR) is 92.6 cm³/mol. The molecular formula is C17H21ClN2O5. The van der Waals surface area contributed by atoms with E-state index < -0.39 is 11.8 Å². The van der Waals surface area contributed by atoms with Crippen LogP contribution in [0.5, 0.6) is 5.75 Å². The lowest BCUT2D eigenvalue weighted by Gasteiger charge is -2.30. The number of piperidine rings is 1. The molecule has 0 atom stereocenters. The number of halogens is 1. The molecule has 0 aromatic heterocycles. The Labute approximate surface area is 151 Å². The fourth-order valence-corrected chi connectivity index (χ4v) is 2.91. The van der Waals surface area contributed by atoms with E-state index in [9.17, 15) is 14.4 Å². The molecule has 0 saturated carbocycles. The molecule has 0 radical (unpaired) electrons. The topological polar surface area (TPSA) is 84.9 Å².